The molecule has 6 nitrogen and oxygen atoms in total. The lowest BCUT2D eigenvalue weighted by Crippen LogP contribution is -2.34. The van der Waals surface area contributed by atoms with Gasteiger partial charge >= 0.3 is 0 Å². The van der Waals surface area contributed by atoms with E-state index in [0.29, 0.717) is 19.4 Å². The highest BCUT2D eigenvalue weighted by atomic mass is 16.1. The van der Waals surface area contributed by atoms with Crippen molar-refractivity contribution in [1.82, 2.24) is 25.0 Å². The highest BCUT2D eigenvalue weighted by Gasteiger charge is 2.06. The zero-order valence-corrected chi connectivity index (χ0v) is 11.5. The first kappa shape index (κ1) is 14.6. The van der Waals surface area contributed by atoms with Gasteiger partial charge in [0.2, 0.25) is 5.91 Å². The molecule has 0 atom stereocenters. The van der Waals surface area contributed by atoms with Gasteiger partial charge in [0.1, 0.15) is 12.2 Å². The number of hydrogen-bond acceptors (Lipinski definition) is 4. The fourth-order valence-corrected chi connectivity index (χ4v) is 1.74. The number of hydrogen-bond donors (Lipinski definition) is 1. The summed E-state index contributed by atoms with van der Waals surface area (Å²) < 4.78 is 1.84. The molecule has 1 rings (SSSR count). The smallest absolute Gasteiger partial charge is 0.220 e. The zero-order valence-electron chi connectivity index (χ0n) is 11.5. The summed E-state index contributed by atoms with van der Waals surface area (Å²) >= 11 is 0. The van der Waals surface area contributed by atoms with Crippen LogP contribution in [-0.4, -0.2) is 51.8 Å². The third-order valence-electron chi connectivity index (χ3n) is 3.03. The van der Waals surface area contributed by atoms with Gasteiger partial charge in [-0.15, -0.1) is 10.2 Å². The molecule has 0 aliphatic rings. The molecule has 1 heterocycles. The van der Waals surface area contributed by atoms with E-state index >= 15 is 0 Å². The molecular weight excluding hydrogens is 230 g/mol. The molecule has 0 aliphatic carbocycles. The lowest BCUT2D eigenvalue weighted by molar-refractivity contribution is -0.121. The molecule has 1 amide bonds. The summed E-state index contributed by atoms with van der Waals surface area (Å²) in [5.74, 6) is 0.916. The lowest BCUT2D eigenvalue weighted by atomic mass is 10.3. The van der Waals surface area contributed by atoms with Crippen molar-refractivity contribution >= 4 is 5.91 Å². The van der Waals surface area contributed by atoms with Gasteiger partial charge in [-0.05, 0) is 13.1 Å². The maximum atomic E-state index is 11.6. The molecular formula is C12H23N5O. The molecule has 0 saturated carbocycles. The molecule has 0 unspecified atom stereocenters. The molecule has 102 valence electrons. The van der Waals surface area contributed by atoms with Crippen LogP contribution in [-0.2, 0) is 18.3 Å². The first-order valence-electron chi connectivity index (χ1n) is 6.49. The van der Waals surface area contributed by atoms with Gasteiger partial charge in [0.25, 0.3) is 0 Å². The number of carbonyl (C=O) groups is 1. The van der Waals surface area contributed by atoms with E-state index < -0.39 is 0 Å². The van der Waals surface area contributed by atoms with E-state index in [4.69, 9.17) is 0 Å². The second-order valence-electron chi connectivity index (χ2n) is 4.23. The molecule has 6 heteroatoms. The van der Waals surface area contributed by atoms with Gasteiger partial charge in [0.15, 0.2) is 0 Å². The van der Waals surface area contributed by atoms with Crippen molar-refractivity contribution in [3.8, 4) is 0 Å². The predicted molar refractivity (Wildman–Crippen MR) is 70.1 cm³/mol. The molecule has 0 spiro atoms. The largest absolute Gasteiger partial charge is 0.355 e. The van der Waals surface area contributed by atoms with Crippen LogP contribution in [0.15, 0.2) is 6.33 Å². The summed E-state index contributed by atoms with van der Waals surface area (Å²) in [6.07, 6.45) is 2.74. The number of nitrogens with one attached hydrogen (secondary N) is 1. The molecule has 1 aromatic rings. The van der Waals surface area contributed by atoms with Crippen LogP contribution in [0.3, 0.4) is 0 Å². The number of rotatable bonds is 8. The van der Waals surface area contributed by atoms with Crippen LogP contribution in [0.1, 0.15) is 26.1 Å². The molecule has 0 bridgehead atoms. The Labute approximate surface area is 108 Å². The van der Waals surface area contributed by atoms with Crippen molar-refractivity contribution in [2.75, 3.05) is 26.2 Å². The second-order valence-corrected chi connectivity index (χ2v) is 4.23. The van der Waals surface area contributed by atoms with E-state index in [0.717, 1.165) is 25.5 Å². The molecule has 0 aromatic carbocycles. The number of aryl methyl sites for hydroxylation is 2. The molecule has 0 saturated heterocycles. The van der Waals surface area contributed by atoms with E-state index in [9.17, 15) is 4.79 Å². The summed E-state index contributed by atoms with van der Waals surface area (Å²) in [7, 11) is 1.88. The van der Waals surface area contributed by atoms with Crippen LogP contribution >= 0.6 is 0 Å². The van der Waals surface area contributed by atoms with E-state index in [1.807, 2.05) is 11.6 Å². The average Bonchev–Trinajstić information content (AvgIpc) is 2.78. The van der Waals surface area contributed by atoms with Crippen molar-refractivity contribution < 1.29 is 4.79 Å². The Balaban J connectivity index is 2.16. The maximum absolute atomic E-state index is 11.6. The van der Waals surface area contributed by atoms with Crippen molar-refractivity contribution in [3.05, 3.63) is 12.2 Å². The minimum absolute atomic E-state index is 0.0742. The van der Waals surface area contributed by atoms with E-state index in [1.54, 1.807) is 6.33 Å². The minimum atomic E-state index is 0.0742. The second kappa shape index (κ2) is 7.81. The Morgan fingerprint density at radius 2 is 2.17 bits per heavy atom. The van der Waals surface area contributed by atoms with Gasteiger partial charge < -0.3 is 14.8 Å². The third-order valence-corrected chi connectivity index (χ3v) is 3.03. The SMILES string of the molecule is CCN(CC)CCNC(=O)CCc1nncn1C. The Morgan fingerprint density at radius 3 is 2.72 bits per heavy atom. The minimum Gasteiger partial charge on any atom is -0.355 e. The fraction of sp³-hybridized carbons (Fsp3) is 0.750. The van der Waals surface area contributed by atoms with Crippen LogP contribution in [0.5, 0.6) is 0 Å². The zero-order chi connectivity index (χ0) is 13.4. The van der Waals surface area contributed by atoms with E-state index in [1.165, 1.54) is 0 Å². The molecule has 18 heavy (non-hydrogen) atoms. The standard InChI is InChI=1S/C12H23N5O/c1-4-17(5-2)9-8-13-12(18)7-6-11-15-14-10-16(11)3/h10H,4-9H2,1-3H3,(H,13,18). The molecule has 0 radical (unpaired) electrons. The first-order chi connectivity index (χ1) is 8.67. The summed E-state index contributed by atoms with van der Waals surface area (Å²) in [5.41, 5.74) is 0. The lowest BCUT2D eigenvalue weighted by Gasteiger charge is -2.17. The number of carbonyl (C=O) groups excluding carboxylic acids is 1. The Morgan fingerprint density at radius 1 is 1.44 bits per heavy atom. The van der Waals surface area contributed by atoms with Crippen LogP contribution in [0.2, 0.25) is 0 Å². The van der Waals surface area contributed by atoms with Crippen molar-refractivity contribution in [2.45, 2.75) is 26.7 Å². The molecule has 0 fully saturated rings. The van der Waals surface area contributed by atoms with E-state index in [-0.39, 0.29) is 5.91 Å². The van der Waals surface area contributed by atoms with Crippen LogP contribution < -0.4 is 5.32 Å². The molecule has 0 aliphatic heterocycles. The quantitative estimate of drug-likeness (QED) is 0.719. The van der Waals surface area contributed by atoms with E-state index in [2.05, 4.69) is 34.3 Å². The normalized spacial score (nSPS) is 10.9. The Bertz CT molecular complexity index is 359. The van der Waals surface area contributed by atoms with Crippen LogP contribution in [0.4, 0.5) is 0 Å². The van der Waals surface area contributed by atoms with Crippen LogP contribution in [0, 0.1) is 0 Å². The highest BCUT2D eigenvalue weighted by Crippen LogP contribution is 1.96. The van der Waals surface area contributed by atoms with Gasteiger partial charge in [-0.3, -0.25) is 4.79 Å². The van der Waals surface area contributed by atoms with Crippen molar-refractivity contribution in [2.24, 2.45) is 7.05 Å². The Hall–Kier alpha value is -1.43. The predicted octanol–water partition coefficient (Wildman–Crippen LogP) is 0.206. The topological polar surface area (TPSA) is 63.1 Å². The van der Waals surface area contributed by atoms with Crippen molar-refractivity contribution in [1.29, 1.82) is 0 Å². The summed E-state index contributed by atoms with van der Waals surface area (Å²) in [6.45, 7) is 7.90. The maximum Gasteiger partial charge on any atom is 0.220 e. The monoisotopic (exact) mass is 253 g/mol. The van der Waals surface area contributed by atoms with Gasteiger partial charge in [-0.25, -0.2) is 0 Å². The Kier molecular flexibility index (Phi) is 6.35. The van der Waals surface area contributed by atoms with Gasteiger partial charge in [-0.2, -0.15) is 0 Å². The summed E-state index contributed by atoms with van der Waals surface area (Å²) in [4.78, 5) is 13.9. The van der Waals surface area contributed by atoms with Gasteiger partial charge in [0.05, 0.1) is 0 Å². The van der Waals surface area contributed by atoms with Crippen LogP contribution in [0.25, 0.3) is 0 Å². The average molecular weight is 253 g/mol. The number of likely N-dealkylation sites (N-methyl/N-ethyl adjacent to an activating group) is 1. The fourth-order valence-electron chi connectivity index (χ4n) is 1.74. The summed E-state index contributed by atoms with van der Waals surface area (Å²) in [5, 5.41) is 10.7. The van der Waals surface area contributed by atoms with Gasteiger partial charge in [0, 0.05) is 33.0 Å². The van der Waals surface area contributed by atoms with Gasteiger partial charge in [-0.1, -0.05) is 13.8 Å². The molecule has 1 aromatic heterocycles. The highest BCUT2D eigenvalue weighted by molar-refractivity contribution is 5.75. The van der Waals surface area contributed by atoms with Crippen molar-refractivity contribution in [3.63, 3.8) is 0 Å². The summed E-state index contributed by atoms with van der Waals surface area (Å²) in [6, 6.07) is 0. The number of nitrogens with zero attached hydrogens (tertiary/aromatic N) is 4. The number of aromatic nitrogens is 3. The third kappa shape index (κ3) is 4.83. The molecule has 1 N–H and O–H groups in total. The first-order valence-corrected chi connectivity index (χ1v) is 6.49. The number of amides is 1.